The lowest BCUT2D eigenvalue weighted by molar-refractivity contribution is 0.0762. The zero-order chi connectivity index (χ0) is 19.3. The predicted octanol–water partition coefficient (Wildman–Crippen LogP) is 4.56. The van der Waals surface area contributed by atoms with Gasteiger partial charge in [0.2, 0.25) is 0 Å². The molecule has 0 unspecified atom stereocenters. The fraction of sp³-hybridized carbons (Fsp3) is 0.304. The van der Waals surface area contributed by atoms with Gasteiger partial charge in [0.15, 0.2) is 0 Å². The summed E-state index contributed by atoms with van der Waals surface area (Å²) in [6, 6.07) is 17.6. The zero-order valence-electron chi connectivity index (χ0n) is 16.2. The van der Waals surface area contributed by atoms with Crippen LogP contribution in [0.4, 0.5) is 0 Å². The SMILES string of the molecule is COc1ccccc1-c1nn(-c2ccccc2)cc1C(=O)N1CCCCCC1. The summed E-state index contributed by atoms with van der Waals surface area (Å²) in [6.07, 6.45) is 6.34. The van der Waals surface area contributed by atoms with Gasteiger partial charge in [-0.25, -0.2) is 4.68 Å². The average Bonchev–Trinajstić information content (AvgIpc) is 3.01. The summed E-state index contributed by atoms with van der Waals surface area (Å²) < 4.78 is 7.33. The van der Waals surface area contributed by atoms with Crippen LogP contribution in [0.2, 0.25) is 0 Å². The van der Waals surface area contributed by atoms with Crippen molar-refractivity contribution in [1.82, 2.24) is 14.7 Å². The molecule has 0 aliphatic carbocycles. The second-order valence-electron chi connectivity index (χ2n) is 7.08. The van der Waals surface area contributed by atoms with E-state index in [1.54, 1.807) is 11.8 Å². The van der Waals surface area contributed by atoms with E-state index in [0.717, 1.165) is 37.2 Å². The molecule has 3 aromatic rings. The summed E-state index contributed by atoms with van der Waals surface area (Å²) >= 11 is 0. The highest BCUT2D eigenvalue weighted by molar-refractivity contribution is 6.00. The lowest BCUT2D eigenvalue weighted by Crippen LogP contribution is -2.31. The average molecular weight is 375 g/mol. The highest BCUT2D eigenvalue weighted by atomic mass is 16.5. The van der Waals surface area contributed by atoms with Crippen molar-refractivity contribution in [2.24, 2.45) is 0 Å². The number of likely N-dealkylation sites (tertiary alicyclic amines) is 1. The van der Waals surface area contributed by atoms with Crippen molar-refractivity contribution in [3.63, 3.8) is 0 Å². The van der Waals surface area contributed by atoms with E-state index in [1.165, 1.54) is 12.8 Å². The quantitative estimate of drug-likeness (QED) is 0.671. The topological polar surface area (TPSA) is 47.4 Å². The van der Waals surface area contributed by atoms with Gasteiger partial charge in [-0.1, -0.05) is 43.2 Å². The maximum absolute atomic E-state index is 13.4. The highest BCUT2D eigenvalue weighted by Gasteiger charge is 2.25. The van der Waals surface area contributed by atoms with Gasteiger partial charge in [-0.3, -0.25) is 4.79 Å². The molecule has 28 heavy (non-hydrogen) atoms. The summed E-state index contributed by atoms with van der Waals surface area (Å²) in [7, 11) is 1.64. The molecule has 0 spiro atoms. The Kier molecular flexibility index (Phi) is 5.42. The number of methoxy groups -OCH3 is 1. The Morgan fingerprint density at radius 1 is 0.929 bits per heavy atom. The number of aromatic nitrogens is 2. The molecule has 5 nitrogen and oxygen atoms in total. The third-order valence-corrected chi connectivity index (χ3v) is 5.22. The molecule has 0 N–H and O–H groups in total. The first-order chi connectivity index (χ1) is 13.8. The van der Waals surface area contributed by atoms with Gasteiger partial charge in [-0.05, 0) is 37.1 Å². The van der Waals surface area contributed by atoms with Crippen molar-refractivity contribution in [3.05, 3.63) is 66.4 Å². The number of rotatable bonds is 4. The summed E-state index contributed by atoms with van der Waals surface area (Å²) in [4.78, 5) is 15.4. The number of carbonyl (C=O) groups excluding carboxylic acids is 1. The van der Waals surface area contributed by atoms with Gasteiger partial charge in [0.1, 0.15) is 11.4 Å². The lowest BCUT2D eigenvalue weighted by Gasteiger charge is -2.20. The van der Waals surface area contributed by atoms with E-state index in [4.69, 9.17) is 9.84 Å². The molecule has 4 rings (SSSR count). The Morgan fingerprint density at radius 3 is 2.32 bits per heavy atom. The molecule has 0 saturated carbocycles. The van der Waals surface area contributed by atoms with Crippen LogP contribution in [-0.4, -0.2) is 40.8 Å². The van der Waals surface area contributed by atoms with Gasteiger partial charge in [0.05, 0.1) is 18.4 Å². The molecule has 1 saturated heterocycles. The van der Waals surface area contributed by atoms with Gasteiger partial charge < -0.3 is 9.64 Å². The summed E-state index contributed by atoms with van der Waals surface area (Å²) in [5.41, 5.74) is 3.04. The van der Waals surface area contributed by atoms with Gasteiger partial charge in [-0.15, -0.1) is 0 Å². The Morgan fingerprint density at radius 2 is 1.61 bits per heavy atom. The van der Waals surface area contributed by atoms with Crippen molar-refractivity contribution < 1.29 is 9.53 Å². The maximum Gasteiger partial charge on any atom is 0.257 e. The summed E-state index contributed by atoms with van der Waals surface area (Å²) in [5, 5.41) is 4.79. The molecule has 0 bridgehead atoms. The van der Waals surface area contributed by atoms with Gasteiger partial charge in [0, 0.05) is 24.8 Å². The first-order valence-corrected chi connectivity index (χ1v) is 9.85. The number of ether oxygens (including phenoxy) is 1. The van der Waals surface area contributed by atoms with E-state index in [1.807, 2.05) is 65.7 Å². The van der Waals surface area contributed by atoms with E-state index in [-0.39, 0.29) is 5.91 Å². The molecule has 1 fully saturated rings. The van der Waals surface area contributed by atoms with Crippen LogP contribution in [0.3, 0.4) is 0 Å². The number of hydrogen-bond donors (Lipinski definition) is 0. The molecule has 5 heteroatoms. The Bertz CT molecular complexity index is 941. The van der Waals surface area contributed by atoms with Gasteiger partial charge in [-0.2, -0.15) is 5.10 Å². The Hall–Kier alpha value is -3.08. The molecule has 2 aromatic carbocycles. The molecule has 2 heterocycles. The van der Waals surface area contributed by atoms with E-state index in [9.17, 15) is 4.79 Å². The molecule has 1 aliphatic heterocycles. The minimum Gasteiger partial charge on any atom is -0.496 e. The highest BCUT2D eigenvalue weighted by Crippen LogP contribution is 2.32. The largest absolute Gasteiger partial charge is 0.496 e. The van der Waals surface area contributed by atoms with E-state index in [2.05, 4.69) is 0 Å². The van der Waals surface area contributed by atoms with Crippen LogP contribution < -0.4 is 4.74 Å². The van der Waals surface area contributed by atoms with Crippen LogP contribution in [0.5, 0.6) is 5.75 Å². The van der Waals surface area contributed by atoms with Crippen LogP contribution in [0.1, 0.15) is 36.0 Å². The van der Waals surface area contributed by atoms with Crippen LogP contribution in [0, 0.1) is 0 Å². The Balaban J connectivity index is 1.81. The predicted molar refractivity (Wildman–Crippen MR) is 110 cm³/mol. The number of hydrogen-bond acceptors (Lipinski definition) is 3. The van der Waals surface area contributed by atoms with Crippen molar-refractivity contribution in [2.75, 3.05) is 20.2 Å². The number of benzene rings is 2. The smallest absolute Gasteiger partial charge is 0.257 e. The lowest BCUT2D eigenvalue weighted by atomic mass is 10.1. The number of amides is 1. The minimum atomic E-state index is 0.0463. The van der Waals surface area contributed by atoms with Crippen molar-refractivity contribution >= 4 is 5.91 Å². The molecule has 0 atom stereocenters. The van der Waals surface area contributed by atoms with Crippen LogP contribution in [-0.2, 0) is 0 Å². The standard InChI is InChI=1S/C23H25N3O2/c1-28-21-14-8-7-13-19(21)22-20(23(27)25-15-9-2-3-10-16-25)17-26(24-22)18-11-5-4-6-12-18/h4-8,11-14,17H,2-3,9-10,15-16H2,1H3. The van der Waals surface area contributed by atoms with Crippen molar-refractivity contribution in [3.8, 4) is 22.7 Å². The molecule has 1 amide bonds. The van der Waals surface area contributed by atoms with E-state index < -0.39 is 0 Å². The first kappa shape index (κ1) is 18.3. The molecule has 144 valence electrons. The van der Waals surface area contributed by atoms with Crippen molar-refractivity contribution in [2.45, 2.75) is 25.7 Å². The summed E-state index contributed by atoms with van der Waals surface area (Å²) in [5.74, 6) is 0.760. The van der Waals surface area contributed by atoms with E-state index in [0.29, 0.717) is 17.0 Å². The number of carbonyl (C=O) groups is 1. The maximum atomic E-state index is 13.4. The fourth-order valence-electron chi connectivity index (χ4n) is 3.73. The normalized spacial score (nSPS) is 14.5. The minimum absolute atomic E-state index is 0.0463. The van der Waals surface area contributed by atoms with Crippen molar-refractivity contribution in [1.29, 1.82) is 0 Å². The second kappa shape index (κ2) is 8.30. The monoisotopic (exact) mass is 375 g/mol. The summed E-state index contributed by atoms with van der Waals surface area (Å²) in [6.45, 7) is 1.61. The fourth-order valence-corrected chi connectivity index (χ4v) is 3.73. The number of para-hydroxylation sites is 2. The third kappa shape index (κ3) is 3.65. The zero-order valence-corrected chi connectivity index (χ0v) is 16.2. The number of nitrogens with zero attached hydrogens (tertiary/aromatic N) is 3. The van der Waals surface area contributed by atoms with Gasteiger partial charge >= 0.3 is 0 Å². The second-order valence-corrected chi connectivity index (χ2v) is 7.08. The molecular formula is C23H25N3O2. The molecule has 1 aliphatic rings. The third-order valence-electron chi connectivity index (χ3n) is 5.22. The van der Waals surface area contributed by atoms with Gasteiger partial charge in [0.25, 0.3) is 5.91 Å². The van der Waals surface area contributed by atoms with Crippen LogP contribution in [0.15, 0.2) is 60.8 Å². The molecule has 1 aromatic heterocycles. The van der Waals surface area contributed by atoms with Crippen LogP contribution >= 0.6 is 0 Å². The Labute approximate surface area is 165 Å². The van der Waals surface area contributed by atoms with Crippen LogP contribution in [0.25, 0.3) is 16.9 Å². The molecule has 0 radical (unpaired) electrons. The first-order valence-electron chi connectivity index (χ1n) is 9.85. The molecular weight excluding hydrogens is 350 g/mol. The van der Waals surface area contributed by atoms with E-state index >= 15 is 0 Å².